The third-order valence-electron chi connectivity index (χ3n) is 2.70. The molecule has 0 aliphatic heterocycles. The van der Waals surface area contributed by atoms with Crippen molar-refractivity contribution in [1.29, 1.82) is 0 Å². The molecule has 110 valence electrons. The number of rotatable bonds is 5. The van der Waals surface area contributed by atoms with Gasteiger partial charge in [-0.25, -0.2) is 4.39 Å². The SMILES string of the molecule is COc1cccc(OCC(=O)Nc2ccc(F)cc2N)c1. The van der Waals surface area contributed by atoms with E-state index in [1.165, 1.54) is 12.1 Å². The third kappa shape index (κ3) is 4.10. The van der Waals surface area contributed by atoms with Crippen molar-refractivity contribution in [2.45, 2.75) is 0 Å². The van der Waals surface area contributed by atoms with Gasteiger partial charge in [-0.1, -0.05) is 6.07 Å². The van der Waals surface area contributed by atoms with Gasteiger partial charge in [0.25, 0.3) is 5.91 Å². The zero-order chi connectivity index (χ0) is 15.2. The Morgan fingerprint density at radius 3 is 2.71 bits per heavy atom. The summed E-state index contributed by atoms with van der Waals surface area (Å²) >= 11 is 0. The van der Waals surface area contributed by atoms with Gasteiger partial charge < -0.3 is 20.5 Å². The minimum atomic E-state index is -0.460. The summed E-state index contributed by atoms with van der Waals surface area (Å²) < 4.78 is 23.3. The zero-order valence-corrected chi connectivity index (χ0v) is 11.4. The van der Waals surface area contributed by atoms with Crippen molar-refractivity contribution in [2.24, 2.45) is 0 Å². The average molecular weight is 290 g/mol. The van der Waals surface area contributed by atoms with Gasteiger partial charge in [-0.05, 0) is 30.3 Å². The maximum Gasteiger partial charge on any atom is 0.262 e. The van der Waals surface area contributed by atoms with Gasteiger partial charge in [0.1, 0.15) is 17.3 Å². The number of halogens is 1. The molecule has 0 heterocycles. The number of hydrogen-bond acceptors (Lipinski definition) is 4. The lowest BCUT2D eigenvalue weighted by Crippen LogP contribution is -2.20. The molecule has 0 aliphatic carbocycles. The molecule has 0 aromatic heterocycles. The van der Waals surface area contributed by atoms with E-state index in [4.69, 9.17) is 15.2 Å². The predicted octanol–water partition coefficient (Wildman–Crippen LogP) is 2.43. The Kier molecular flexibility index (Phi) is 4.61. The van der Waals surface area contributed by atoms with Crippen molar-refractivity contribution in [3.63, 3.8) is 0 Å². The fourth-order valence-electron chi connectivity index (χ4n) is 1.67. The number of anilines is 2. The summed E-state index contributed by atoms with van der Waals surface area (Å²) in [5.41, 5.74) is 6.10. The number of nitrogens with one attached hydrogen (secondary N) is 1. The third-order valence-corrected chi connectivity index (χ3v) is 2.70. The van der Waals surface area contributed by atoms with Crippen LogP contribution in [0, 0.1) is 5.82 Å². The summed E-state index contributed by atoms with van der Waals surface area (Å²) in [7, 11) is 1.54. The van der Waals surface area contributed by atoms with Crippen LogP contribution in [0.3, 0.4) is 0 Å². The topological polar surface area (TPSA) is 73.6 Å². The molecule has 2 aromatic carbocycles. The van der Waals surface area contributed by atoms with Gasteiger partial charge >= 0.3 is 0 Å². The fraction of sp³-hybridized carbons (Fsp3) is 0.133. The van der Waals surface area contributed by atoms with Gasteiger partial charge in [-0.3, -0.25) is 4.79 Å². The van der Waals surface area contributed by atoms with Crippen molar-refractivity contribution >= 4 is 17.3 Å². The Hall–Kier alpha value is -2.76. The van der Waals surface area contributed by atoms with Crippen LogP contribution in [0.15, 0.2) is 42.5 Å². The largest absolute Gasteiger partial charge is 0.497 e. The highest BCUT2D eigenvalue weighted by Crippen LogP contribution is 2.20. The van der Waals surface area contributed by atoms with E-state index in [0.29, 0.717) is 17.2 Å². The molecule has 0 bridgehead atoms. The van der Waals surface area contributed by atoms with E-state index in [1.54, 1.807) is 31.4 Å². The summed E-state index contributed by atoms with van der Waals surface area (Å²) in [5, 5.41) is 2.55. The molecule has 5 nitrogen and oxygen atoms in total. The first kappa shape index (κ1) is 14.6. The molecule has 0 fully saturated rings. The van der Waals surface area contributed by atoms with Crippen LogP contribution in [0.4, 0.5) is 15.8 Å². The Labute approximate surface area is 121 Å². The average Bonchev–Trinajstić information content (AvgIpc) is 2.48. The summed E-state index contributed by atoms with van der Waals surface area (Å²) in [5.74, 6) is 0.293. The van der Waals surface area contributed by atoms with E-state index >= 15 is 0 Å². The second-order valence-electron chi connectivity index (χ2n) is 4.25. The van der Waals surface area contributed by atoms with Crippen molar-refractivity contribution in [1.82, 2.24) is 0 Å². The second kappa shape index (κ2) is 6.60. The Balaban J connectivity index is 1.92. The van der Waals surface area contributed by atoms with E-state index in [1.807, 2.05) is 0 Å². The number of carbonyl (C=O) groups excluding carboxylic acids is 1. The first-order valence-electron chi connectivity index (χ1n) is 6.20. The fourth-order valence-corrected chi connectivity index (χ4v) is 1.67. The highest BCUT2D eigenvalue weighted by molar-refractivity contribution is 5.94. The molecule has 0 aliphatic rings. The lowest BCUT2D eigenvalue weighted by molar-refractivity contribution is -0.118. The first-order chi connectivity index (χ1) is 10.1. The number of benzene rings is 2. The number of nitrogen functional groups attached to an aromatic ring is 1. The van der Waals surface area contributed by atoms with Crippen LogP contribution >= 0.6 is 0 Å². The standard InChI is InChI=1S/C15H15FN2O3/c1-20-11-3-2-4-12(8-11)21-9-15(19)18-14-6-5-10(16)7-13(14)17/h2-8H,9,17H2,1H3,(H,18,19). The second-order valence-corrected chi connectivity index (χ2v) is 4.25. The highest BCUT2D eigenvalue weighted by Gasteiger charge is 2.07. The van der Waals surface area contributed by atoms with Gasteiger partial charge in [0.2, 0.25) is 0 Å². The minimum Gasteiger partial charge on any atom is -0.497 e. The van der Waals surface area contributed by atoms with Crippen LogP contribution in [-0.2, 0) is 4.79 Å². The Morgan fingerprint density at radius 2 is 2.00 bits per heavy atom. The quantitative estimate of drug-likeness (QED) is 0.829. The van der Waals surface area contributed by atoms with Gasteiger partial charge in [-0.15, -0.1) is 0 Å². The Bertz CT molecular complexity index is 647. The highest BCUT2D eigenvalue weighted by atomic mass is 19.1. The number of nitrogens with two attached hydrogens (primary N) is 1. The van der Waals surface area contributed by atoms with E-state index in [-0.39, 0.29) is 12.3 Å². The Morgan fingerprint density at radius 1 is 1.24 bits per heavy atom. The summed E-state index contributed by atoms with van der Waals surface area (Å²) in [6, 6.07) is 10.7. The van der Waals surface area contributed by atoms with E-state index < -0.39 is 11.7 Å². The lowest BCUT2D eigenvalue weighted by Gasteiger charge is -2.10. The van der Waals surface area contributed by atoms with Crippen LogP contribution < -0.4 is 20.5 Å². The molecule has 0 saturated carbocycles. The van der Waals surface area contributed by atoms with Crippen molar-refractivity contribution in [2.75, 3.05) is 24.8 Å². The molecule has 0 saturated heterocycles. The van der Waals surface area contributed by atoms with Crippen LogP contribution in [-0.4, -0.2) is 19.6 Å². The van der Waals surface area contributed by atoms with E-state index in [2.05, 4.69) is 5.32 Å². The van der Waals surface area contributed by atoms with E-state index in [9.17, 15) is 9.18 Å². The molecule has 0 radical (unpaired) electrons. The van der Waals surface area contributed by atoms with Crippen molar-refractivity contribution < 1.29 is 18.7 Å². The monoisotopic (exact) mass is 290 g/mol. The molecule has 0 unspecified atom stereocenters. The first-order valence-corrected chi connectivity index (χ1v) is 6.20. The summed E-state index contributed by atoms with van der Waals surface area (Å²) in [4.78, 5) is 11.8. The lowest BCUT2D eigenvalue weighted by atomic mass is 10.2. The molecule has 0 spiro atoms. The zero-order valence-electron chi connectivity index (χ0n) is 11.4. The van der Waals surface area contributed by atoms with Crippen LogP contribution in [0.1, 0.15) is 0 Å². The number of ether oxygens (including phenoxy) is 2. The molecule has 2 aromatic rings. The molecule has 3 N–H and O–H groups in total. The molecule has 6 heteroatoms. The van der Waals surface area contributed by atoms with Gasteiger partial charge in [0.15, 0.2) is 6.61 Å². The van der Waals surface area contributed by atoms with Gasteiger partial charge in [-0.2, -0.15) is 0 Å². The van der Waals surface area contributed by atoms with Gasteiger partial charge in [0, 0.05) is 6.07 Å². The molecule has 21 heavy (non-hydrogen) atoms. The maximum absolute atomic E-state index is 12.9. The summed E-state index contributed by atoms with van der Waals surface area (Å²) in [6.45, 7) is -0.190. The number of methoxy groups -OCH3 is 1. The smallest absolute Gasteiger partial charge is 0.262 e. The van der Waals surface area contributed by atoms with Crippen LogP contribution in [0.5, 0.6) is 11.5 Å². The molecule has 1 amide bonds. The van der Waals surface area contributed by atoms with Crippen molar-refractivity contribution in [3.05, 3.63) is 48.3 Å². The normalized spacial score (nSPS) is 10.0. The van der Waals surface area contributed by atoms with Gasteiger partial charge in [0.05, 0.1) is 18.5 Å². The maximum atomic E-state index is 12.9. The van der Waals surface area contributed by atoms with E-state index in [0.717, 1.165) is 6.07 Å². The predicted molar refractivity (Wildman–Crippen MR) is 77.9 cm³/mol. The number of carbonyl (C=O) groups is 1. The van der Waals surface area contributed by atoms with Crippen molar-refractivity contribution in [3.8, 4) is 11.5 Å². The number of amides is 1. The molecule has 2 rings (SSSR count). The summed E-state index contributed by atoms with van der Waals surface area (Å²) in [6.07, 6.45) is 0. The van der Waals surface area contributed by atoms with Crippen LogP contribution in [0.2, 0.25) is 0 Å². The number of hydrogen-bond donors (Lipinski definition) is 2. The molecular weight excluding hydrogens is 275 g/mol. The molecular formula is C15H15FN2O3. The molecule has 0 atom stereocenters. The minimum absolute atomic E-state index is 0.157. The van der Waals surface area contributed by atoms with Crippen LogP contribution in [0.25, 0.3) is 0 Å².